The third-order valence-corrected chi connectivity index (χ3v) is 3.59. The number of hydrogen-bond acceptors (Lipinski definition) is 5. The van der Waals surface area contributed by atoms with Gasteiger partial charge in [-0.1, -0.05) is 30.3 Å². The number of nitrogens with one attached hydrogen (secondary N) is 1. The molecule has 5 nitrogen and oxygen atoms in total. The fraction of sp³-hybridized carbons (Fsp3) is 0.167. The van der Waals surface area contributed by atoms with Crippen LogP contribution in [0.5, 0.6) is 0 Å². The van der Waals surface area contributed by atoms with Gasteiger partial charge in [-0.2, -0.15) is 0 Å². The Morgan fingerprint density at radius 1 is 1.22 bits per heavy atom. The highest BCUT2D eigenvalue weighted by Crippen LogP contribution is 2.29. The van der Waals surface area contributed by atoms with Crippen LogP contribution in [0.15, 0.2) is 59.4 Å². The molecule has 0 aliphatic carbocycles. The summed E-state index contributed by atoms with van der Waals surface area (Å²) >= 11 is 0. The standard InChI is InChI=1S/C18H17N3O2/c1-12(22)15-10-16(23-13(15)2)18(14-6-4-3-5-7-14)21-17-11-19-8-9-20-17/h3-11,18H,1-2H3,(H,20,21). The SMILES string of the molecule is CC(=O)c1cc(C(Nc2cnccn2)c2ccccc2)oc1C. The van der Waals surface area contributed by atoms with Crippen LogP contribution in [0, 0.1) is 6.92 Å². The summed E-state index contributed by atoms with van der Waals surface area (Å²) in [5.41, 5.74) is 1.61. The Labute approximate surface area is 134 Å². The molecule has 0 bridgehead atoms. The Morgan fingerprint density at radius 2 is 2.00 bits per heavy atom. The summed E-state index contributed by atoms with van der Waals surface area (Å²) in [5, 5.41) is 3.31. The van der Waals surface area contributed by atoms with Gasteiger partial charge < -0.3 is 9.73 Å². The number of hydrogen-bond donors (Lipinski definition) is 1. The number of carbonyl (C=O) groups is 1. The summed E-state index contributed by atoms with van der Waals surface area (Å²) in [5.74, 6) is 1.92. The average molecular weight is 307 g/mol. The molecule has 1 atom stereocenters. The van der Waals surface area contributed by atoms with Crippen LogP contribution in [-0.2, 0) is 0 Å². The van der Waals surface area contributed by atoms with E-state index in [9.17, 15) is 4.79 Å². The van der Waals surface area contributed by atoms with Crippen molar-refractivity contribution in [2.75, 3.05) is 5.32 Å². The lowest BCUT2D eigenvalue weighted by Gasteiger charge is -2.17. The molecule has 0 saturated carbocycles. The first-order chi connectivity index (χ1) is 11.1. The van der Waals surface area contributed by atoms with Crippen LogP contribution in [0.4, 0.5) is 5.82 Å². The van der Waals surface area contributed by atoms with Crippen LogP contribution in [0.25, 0.3) is 0 Å². The summed E-state index contributed by atoms with van der Waals surface area (Å²) in [4.78, 5) is 20.0. The molecule has 3 aromatic rings. The maximum atomic E-state index is 11.7. The van der Waals surface area contributed by atoms with Crippen LogP contribution in [0.2, 0.25) is 0 Å². The zero-order chi connectivity index (χ0) is 16.2. The number of carbonyl (C=O) groups excluding carboxylic acids is 1. The topological polar surface area (TPSA) is 68.0 Å². The van der Waals surface area contributed by atoms with Crippen LogP contribution in [0.3, 0.4) is 0 Å². The fourth-order valence-corrected chi connectivity index (χ4v) is 2.48. The molecule has 0 fully saturated rings. The van der Waals surface area contributed by atoms with Gasteiger partial charge in [0, 0.05) is 12.4 Å². The molecule has 3 rings (SSSR count). The van der Waals surface area contributed by atoms with E-state index in [1.54, 1.807) is 31.6 Å². The predicted octanol–water partition coefficient (Wildman–Crippen LogP) is 3.78. The first-order valence-corrected chi connectivity index (χ1v) is 7.34. The summed E-state index contributed by atoms with van der Waals surface area (Å²) in [7, 11) is 0. The fourth-order valence-electron chi connectivity index (χ4n) is 2.48. The van der Waals surface area contributed by atoms with E-state index in [0.29, 0.717) is 22.9 Å². The van der Waals surface area contributed by atoms with E-state index in [1.807, 2.05) is 30.3 Å². The number of aryl methyl sites for hydroxylation is 1. The van der Waals surface area contributed by atoms with Crippen molar-refractivity contribution in [1.82, 2.24) is 9.97 Å². The molecule has 0 amide bonds. The molecule has 0 aliphatic rings. The van der Waals surface area contributed by atoms with E-state index in [0.717, 1.165) is 5.56 Å². The van der Waals surface area contributed by atoms with Crippen molar-refractivity contribution in [2.24, 2.45) is 0 Å². The molecule has 1 unspecified atom stereocenters. The first kappa shape index (κ1) is 15.0. The zero-order valence-electron chi connectivity index (χ0n) is 13.0. The van der Waals surface area contributed by atoms with Crippen LogP contribution >= 0.6 is 0 Å². The number of benzene rings is 1. The van der Waals surface area contributed by atoms with Gasteiger partial charge in [-0.25, -0.2) is 4.98 Å². The largest absolute Gasteiger partial charge is 0.463 e. The van der Waals surface area contributed by atoms with E-state index in [4.69, 9.17) is 4.42 Å². The summed E-state index contributed by atoms with van der Waals surface area (Å²) in [6.07, 6.45) is 4.89. The molecule has 0 saturated heterocycles. The number of rotatable bonds is 5. The predicted molar refractivity (Wildman–Crippen MR) is 87.4 cm³/mol. The second-order valence-corrected chi connectivity index (χ2v) is 5.25. The van der Waals surface area contributed by atoms with Gasteiger partial charge >= 0.3 is 0 Å². The van der Waals surface area contributed by atoms with Crippen LogP contribution in [0.1, 0.15) is 40.4 Å². The maximum Gasteiger partial charge on any atom is 0.163 e. The smallest absolute Gasteiger partial charge is 0.163 e. The molecule has 116 valence electrons. The third-order valence-electron chi connectivity index (χ3n) is 3.59. The zero-order valence-corrected chi connectivity index (χ0v) is 13.0. The minimum Gasteiger partial charge on any atom is -0.463 e. The Bertz CT molecular complexity index is 798. The molecular weight excluding hydrogens is 290 g/mol. The molecular formula is C18H17N3O2. The molecule has 0 radical (unpaired) electrons. The maximum absolute atomic E-state index is 11.7. The molecule has 2 heterocycles. The van der Waals surface area contributed by atoms with Gasteiger partial charge in [-0.15, -0.1) is 0 Å². The van der Waals surface area contributed by atoms with Gasteiger partial charge in [0.05, 0.1) is 11.8 Å². The molecule has 0 spiro atoms. The van der Waals surface area contributed by atoms with Crippen molar-refractivity contribution in [3.8, 4) is 0 Å². The van der Waals surface area contributed by atoms with E-state index in [1.165, 1.54) is 6.92 Å². The number of ketones is 1. The highest BCUT2D eigenvalue weighted by atomic mass is 16.3. The second kappa shape index (κ2) is 6.44. The molecule has 0 aliphatic heterocycles. The van der Waals surface area contributed by atoms with Crippen molar-refractivity contribution < 1.29 is 9.21 Å². The summed E-state index contributed by atoms with van der Waals surface area (Å²) < 4.78 is 5.83. The van der Waals surface area contributed by atoms with Crippen LogP contribution < -0.4 is 5.32 Å². The van der Waals surface area contributed by atoms with Gasteiger partial charge in [0.1, 0.15) is 23.4 Å². The molecule has 2 aromatic heterocycles. The quantitative estimate of drug-likeness (QED) is 0.726. The number of anilines is 1. The van der Waals surface area contributed by atoms with Crippen molar-refractivity contribution in [3.05, 3.63) is 77.6 Å². The van der Waals surface area contributed by atoms with Gasteiger partial charge in [0.15, 0.2) is 5.78 Å². The second-order valence-electron chi connectivity index (χ2n) is 5.25. The lowest BCUT2D eigenvalue weighted by molar-refractivity contribution is 0.101. The Morgan fingerprint density at radius 3 is 2.61 bits per heavy atom. The van der Waals surface area contributed by atoms with E-state index in [2.05, 4.69) is 15.3 Å². The normalized spacial score (nSPS) is 11.9. The van der Waals surface area contributed by atoms with Crippen molar-refractivity contribution in [1.29, 1.82) is 0 Å². The highest BCUT2D eigenvalue weighted by molar-refractivity contribution is 5.95. The van der Waals surface area contributed by atoms with Gasteiger partial charge in [-0.05, 0) is 25.5 Å². The number of Topliss-reactive ketones (excluding diaryl/α,β-unsaturated/α-hetero) is 1. The Hall–Kier alpha value is -2.95. The minimum absolute atomic E-state index is 0.0104. The van der Waals surface area contributed by atoms with E-state index >= 15 is 0 Å². The van der Waals surface area contributed by atoms with Crippen molar-refractivity contribution in [3.63, 3.8) is 0 Å². The summed E-state index contributed by atoms with van der Waals surface area (Å²) in [6.45, 7) is 3.33. The van der Waals surface area contributed by atoms with Gasteiger partial charge in [0.25, 0.3) is 0 Å². The number of nitrogens with zero attached hydrogens (tertiary/aromatic N) is 2. The van der Waals surface area contributed by atoms with Crippen LogP contribution in [-0.4, -0.2) is 15.8 Å². The van der Waals surface area contributed by atoms with E-state index < -0.39 is 0 Å². The molecule has 5 heteroatoms. The monoisotopic (exact) mass is 307 g/mol. The highest BCUT2D eigenvalue weighted by Gasteiger charge is 2.21. The Kier molecular flexibility index (Phi) is 4.19. The average Bonchev–Trinajstić information content (AvgIpc) is 2.96. The minimum atomic E-state index is -0.250. The lowest BCUT2D eigenvalue weighted by atomic mass is 10.0. The third kappa shape index (κ3) is 3.29. The lowest BCUT2D eigenvalue weighted by Crippen LogP contribution is -2.12. The molecule has 1 aromatic carbocycles. The first-order valence-electron chi connectivity index (χ1n) is 7.34. The molecule has 1 N–H and O–H groups in total. The number of aromatic nitrogens is 2. The Balaban J connectivity index is 2.02. The molecule has 23 heavy (non-hydrogen) atoms. The van der Waals surface area contributed by atoms with Crippen molar-refractivity contribution in [2.45, 2.75) is 19.9 Å². The van der Waals surface area contributed by atoms with Crippen molar-refractivity contribution >= 4 is 11.6 Å². The summed E-state index contributed by atoms with van der Waals surface area (Å²) in [6, 6.07) is 11.4. The van der Waals surface area contributed by atoms with E-state index in [-0.39, 0.29) is 11.8 Å². The van der Waals surface area contributed by atoms with Gasteiger partial charge in [0.2, 0.25) is 0 Å². The van der Waals surface area contributed by atoms with Gasteiger partial charge in [-0.3, -0.25) is 9.78 Å². The number of furan rings is 1.